The van der Waals surface area contributed by atoms with Gasteiger partial charge in [-0.3, -0.25) is 24.3 Å². The molecule has 1 saturated heterocycles. The van der Waals surface area contributed by atoms with Crippen molar-refractivity contribution in [1.82, 2.24) is 14.8 Å². The molecule has 4 atom stereocenters. The summed E-state index contributed by atoms with van der Waals surface area (Å²) in [5.74, 6) is -1.15. The third-order valence-electron chi connectivity index (χ3n) is 5.78. The fourth-order valence-electron chi connectivity index (χ4n) is 4.52. The standard InChI is InChI=1S/C20H20N4O3/c21-7-3-9-23(11-15-4-1-2-8-22-15)16(25)12-24-19(26)17-13-5-6-14(10-13)18(17)20(24)27/h1-2,4-6,8,13-14,17-18H,3,9-12H2/t13-,14-,17+,18+/m0/s1. The largest absolute Gasteiger partial charge is 0.334 e. The second-order valence-corrected chi connectivity index (χ2v) is 7.31. The van der Waals surface area contributed by atoms with Gasteiger partial charge < -0.3 is 4.90 Å². The Balaban J connectivity index is 1.47. The number of nitriles is 1. The van der Waals surface area contributed by atoms with Crippen LogP contribution in [-0.2, 0) is 20.9 Å². The second kappa shape index (κ2) is 6.95. The first-order chi connectivity index (χ1) is 13.1. The molecule has 2 bridgehead atoms. The molecule has 1 aromatic heterocycles. The van der Waals surface area contributed by atoms with Crippen molar-refractivity contribution in [1.29, 1.82) is 5.26 Å². The average Bonchev–Trinajstić information content (AvgIpc) is 3.36. The number of likely N-dealkylation sites (tertiary alicyclic amines) is 1. The van der Waals surface area contributed by atoms with Gasteiger partial charge in [-0.25, -0.2) is 0 Å². The van der Waals surface area contributed by atoms with Crippen molar-refractivity contribution < 1.29 is 14.4 Å². The number of nitrogens with zero attached hydrogens (tertiary/aromatic N) is 4. The predicted octanol–water partition coefficient (Wildman–Crippen LogP) is 1.13. The topological polar surface area (TPSA) is 94.4 Å². The molecule has 0 aromatic carbocycles. The van der Waals surface area contributed by atoms with Crippen molar-refractivity contribution in [3.63, 3.8) is 0 Å². The molecule has 1 aliphatic heterocycles. The number of aromatic nitrogens is 1. The summed E-state index contributed by atoms with van der Waals surface area (Å²) in [6.45, 7) is 0.224. The number of pyridine rings is 1. The third-order valence-corrected chi connectivity index (χ3v) is 5.78. The van der Waals surface area contributed by atoms with Gasteiger partial charge in [0.25, 0.3) is 0 Å². The number of rotatable bonds is 6. The first-order valence-corrected chi connectivity index (χ1v) is 9.18. The highest BCUT2D eigenvalue weighted by molar-refractivity contribution is 6.08. The molecule has 2 aliphatic carbocycles. The molecule has 1 saturated carbocycles. The summed E-state index contributed by atoms with van der Waals surface area (Å²) >= 11 is 0. The van der Waals surface area contributed by atoms with Crippen LogP contribution in [0.25, 0.3) is 0 Å². The van der Waals surface area contributed by atoms with E-state index in [4.69, 9.17) is 5.26 Å². The third kappa shape index (κ3) is 3.01. The minimum atomic E-state index is -0.335. The molecule has 0 N–H and O–H groups in total. The van der Waals surface area contributed by atoms with Crippen LogP contribution < -0.4 is 0 Å². The van der Waals surface area contributed by atoms with E-state index in [0.29, 0.717) is 5.69 Å². The van der Waals surface area contributed by atoms with Crippen LogP contribution >= 0.6 is 0 Å². The van der Waals surface area contributed by atoms with Crippen molar-refractivity contribution in [2.45, 2.75) is 19.4 Å². The van der Waals surface area contributed by atoms with Gasteiger partial charge in [0.1, 0.15) is 6.54 Å². The summed E-state index contributed by atoms with van der Waals surface area (Å²) in [4.78, 5) is 45.2. The van der Waals surface area contributed by atoms with Crippen molar-refractivity contribution in [3.8, 4) is 6.07 Å². The number of amides is 3. The molecule has 27 heavy (non-hydrogen) atoms. The predicted molar refractivity (Wildman–Crippen MR) is 94.3 cm³/mol. The van der Waals surface area contributed by atoms with Crippen LogP contribution in [0.4, 0.5) is 0 Å². The van der Waals surface area contributed by atoms with E-state index in [1.807, 2.05) is 24.3 Å². The number of carbonyl (C=O) groups is 3. The molecule has 2 heterocycles. The Labute approximate surface area is 157 Å². The van der Waals surface area contributed by atoms with Crippen LogP contribution in [0.3, 0.4) is 0 Å². The zero-order valence-corrected chi connectivity index (χ0v) is 14.8. The number of imide groups is 1. The van der Waals surface area contributed by atoms with Gasteiger partial charge in [-0.1, -0.05) is 18.2 Å². The van der Waals surface area contributed by atoms with Crippen LogP contribution in [-0.4, -0.2) is 45.6 Å². The molecule has 0 spiro atoms. The SMILES string of the molecule is N#CCCN(Cc1ccccn1)C(=O)CN1C(=O)[C@H]2[C@H](C1=O)[C@H]1C=C[C@H]2C1. The number of hydrogen-bond acceptors (Lipinski definition) is 5. The van der Waals surface area contributed by atoms with Gasteiger partial charge in [0, 0.05) is 12.7 Å². The van der Waals surface area contributed by atoms with Crippen molar-refractivity contribution >= 4 is 17.7 Å². The highest BCUT2D eigenvalue weighted by Gasteiger charge is 2.59. The zero-order chi connectivity index (χ0) is 19.0. The molecule has 1 aromatic rings. The van der Waals surface area contributed by atoms with E-state index < -0.39 is 0 Å². The van der Waals surface area contributed by atoms with E-state index in [9.17, 15) is 14.4 Å². The summed E-state index contributed by atoms with van der Waals surface area (Å²) in [7, 11) is 0. The van der Waals surface area contributed by atoms with Crippen molar-refractivity contribution in [3.05, 3.63) is 42.2 Å². The quantitative estimate of drug-likeness (QED) is 0.557. The van der Waals surface area contributed by atoms with Gasteiger partial charge in [0.2, 0.25) is 17.7 Å². The van der Waals surface area contributed by atoms with E-state index in [1.54, 1.807) is 18.3 Å². The Bertz CT molecular complexity index is 815. The van der Waals surface area contributed by atoms with Crippen LogP contribution in [0, 0.1) is 35.0 Å². The average molecular weight is 364 g/mol. The first kappa shape index (κ1) is 17.4. The van der Waals surface area contributed by atoms with Crippen molar-refractivity contribution in [2.24, 2.45) is 23.7 Å². The zero-order valence-electron chi connectivity index (χ0n) is 14.8. The van der Waals surface area contributed by atoms with Crippen LogP contribution in [0.2, 0.25) is 0 Å². The van der Waals surface area contributed by atoms with E-state index in [1.165, 1.54) is 4.90 Å². The first-order valence-electron chi connectivity index (χ1n) is 9.18. The van der Waals surface area contributed by atoms with E-state index in [-0.39, 0.29) is 67.4 Å². The van der Waals surface area contributed by atoms with Crippen LogP contribution in [0.1, 0.15) is 18.5 Å². The number of hydrogen-bond donors (Lipinski definition) is 0. The lowest BCUT2D eigenvalue weighted by Gasteiger charge is -2.24. The van der Waals surface area contributed by atoms with Gasteiger partial charge in [-0.05, 0) is 30.4 Å². The summed E-state index contributed by atoms with van der Waals surface area (Å²) in [6, 6.07) is 7.44. The molecule has 0 unspecified atom stereocenters. The van der Waals surface area contributed by atoms with E-state index in [0.717, 1.165) is 11.3 Å². The molecular formula is C20H20N4O3. The Kier molecular flexibility index (Phi) is 4.48. The van der Waals surface area contributed by atoms with Gasteiger partial charge in [0.15, 0.2) is 0 Å². The van der Waals surface area contributed by atoms with E-state index >= 15 is 0 Å². The van der Waals surface area contributed by atoms with Crippen LogP contribution in [0.5, 0.6) is 0 Å². The van der Waals surface area contributed by atoms with Gasteiger partial charge in [-0.15, -0.1) is 0 Å². The fraction of sp³-hybridized carbons (Fsp3) is 0.450. The normalized spacial score (nSPS) is 27.7. The minimum absolute atomic E-state index is 0.125. The summed E-state index contributed by atoms with van der Waals surface area (Å²) in [5.41, 5.74) is 0.696. The lowest BCUT2D eigenvalue weighted by Crippen LogP contribution is -2.44. The number of fused-ring (bicyclic) bond motifs is 5. The van der Waals surface area contributed by atoms with E-state index in [2.05, 4.69) is 4.98 Å². The van der Waals surface area contributed by atoms with Crippen LogP contribution in [0.15, 0.2) is 36.5 Å². The summed E-state index contributed by atoms with van der Waals surface area (Å²) in [6.07, 6.45) is 6.74. The van der Waals surface area contributed by atoms with Gasteiger partial charge in [0.05, 0.1) is 36.6 Å². The number of allylic oxidation sites excluding steroid dienone is 2. The van der Waals surface area contributed by atoms with Gasteiger partial charge in [-0.2, -0.15) is 5.26 Å². The monoisotopic (exact) mass is 364 g/mol. The fourth-order valence-corrected chi connectivity index (χ4v) is 4.52. The summed E-state index contributed by atoms with van der Waals surface area (Å²) < 4.78 is 0. The molecule has 3 aliphatic rings. The highest BCUT2D eigenvalue weighted by atomic mass is 16.2. The Morgan fingerprint density at radius 2 is 1.93 bits per heavy atom. The van der Waals surface area contributed by atoms with Gasteiger partial charge >= 0.3 is 0 Å². The molecule has 7 nitrogen and oxygen atoms in total. The second-order valence-electron chi connectivity index (χ2n) is 7.31. The molecule has 7 heteroatoms. The molecule has 4 rings (SSSR count). The highest BCUT2D eigenvalue weighted by Crippen LogP contribution is 2.52. The Hall–Kier alpha value is -3.01. The maximum absolute atomic E-state index is 12.8. The summed E-state index contributed by atoms with van der Waals surface area (Å²) in [5, 5.41) is 8.88. The molecule has 2 fully saturated rings. The molecule has 3 amide bonds. The maximum Gasteiger partial charge on any atom is 0.243 e. The lowest BCUT2D eigenvalue weighted by atomic mass is 9.85. The Morgan fingerprint density at radius 1 is 1.22 bits per heavy atom. The maximum atomic E-state index is 12.8. The molecule has 138 valence electrons. The van der Waals surface area contributed by atoms with Crippen molar-refractivity contribution in [2.75, 3.05) is 13.1 Å². The number of carbonyl (C=O) groups excluding carboxylic acids is 3. The minimum Gasteiger partial charge on any atom is -0.334 e. The smallest absolute Gasteiger partial charge is 0.243 e. The molecule has 0 radical (unpaired) electrons. The Morgan fingerprint density at radius 3 is 2.52 bits per heavy atom. The molecular weight excluding hydrogens is 344 g/mol. The lowest BCUT2D eigenvalue weighted by molar-refractivity contribution is -0.147.